The lowest BCUT2D eigenvalue weighted by molar-refractivity contribution is 0.743. The SMILES string of the molecule is C/C=C\Cn1c(SCCC)nc2c1c(=O)[nH]c(=O)n2C. The number of aryl methyl sites for hydroxylation is 1. The summed E-state index contributed by atoms with van der Waals surface area (Å²) in [6.07, 6.45) is 4.91. The molecule has 0 unspecified atom stereocenters. The minimum absolute atomic E-state index is 0.386. The third kappa shape index (κ3) is 2.58. The van der Waals surface area contributed by atoms with E-state index in [1.54, 1.807) is 18.8 Å². The maximum atomic E-state index is 12.1. The van der Waals surface area contributed by atoms with Crippen molar-refractivity contribution >= 4 is 22.9 Å². The van der Waals surface area contributed by atoms with Crippen molar-refractivity contribution in [3.8, 4) is 0 Å². The van der Waals surface area contributed by atoms with E-state index in [1.807, 2.05) is 23.6 Å². The molecule has 0 radical (unpaired) electrons. The van der Waals surface area contributed by atoms with Crippen molar-refractivity contribution in [2.75, 3.05) is 5.75 Å². The number of hydrogen-bond acceptors (Lipinski definition) is 4. The predicted octanol–water partition coefficient (Wildman–Crippen LogP) is 1.50. The number of imidazole rings is 1. The summed E-state index contributed by atoms with van der Waals surface area (Å²) >= 11 is 1.60. The quantitative estimate of drug-likeness (QED) is 0.670. The Kier molecular flexibility index (Phi) is 4.49. The molecule has 0 bridgehead atoms. The maximum Gasteiger partial charge on any atom is 0.329 e. The number of rotatable bonds is 5. The van der Waals surface area contributed by atoms with E-state index >= 15 is 0 Å². The molecule has 0 aliphatic carbocycles. The largest absolute Gasteiger partial charge is 0.329 e. The molecule has 0 fully saturated rings. The van der Waals surface area contributed by atoms with Crippen LogP contribution < -0.4 is 11.2 Å². The van der Waals surface area contributed by atoms with Gasteiger partial charge in [-0.2, -0.15) is 0 Å². The lowest BCUT2D eigenvalue weighted by atomic mass is 10.4. The van der Waals surface area contributed by atoms with Crippen molar-refractivity contribution in [3.63, 3.8) is 0 Å². The average molecular weight is 294 g/mol. The first-order chi connectivity index (χ1) is 9.60. The van der Waals surface area contributed by atoms with E-state index in [0.717, 1.165) is 17.3 Å². The Morgan fingerprint density at radius 3 is 2.80 bits per heavy atom. The Labute approximate surface area is 120 Å². The Morgan fingerprint density at radius 2 is 2.15 bits per heavy atom. The van der Waals surface area contributed by atoms with E-state index in [9.17, 15) is 9.59 Å². The van der Waals surface area contributed by atoms with Crippen molar-refractivity contribution in [1.82, 2.24) is 19.1 Å². The van der Waals surface area contributed by atoms with Gasteiger partial charge in [0.15, 0.2) is 16.3 Å². The molecule has 0 aliphatic heterocycles. The van der Waals surface area contributed by atoms with Gasteiger partial charge in [0.1, 0.15) is 0 Å². The Morgan fingerprint density at radius 1 is 1.40 bits per heavy atom. The normalized spacial score (nSPS) is 11.8. The van der Waals surface area contributed by atoms with Crippen LogP contribution in [0.5, 0.6) is 0 Å². The topological polar surface area (TPSA) is 72.7 Å². The highest BCUT2D eigenvalue weighted by atomic mass is 32.2. The average Bonchev–Trinajstić information content (AvgIpc) is 2.79. The summed E-state index contributed by atoms with van der Waals surface area (Å²) < 4.78 is 3.23. The second-order valence-corrected chi connectivity index (χ2v) is 5.48. The maximum absolute atomic E-state index is 12.1. The van der Waals surface area contributed by atoms with Crippen molar-refractivity contribution in [1.29, 1.82) is 0 Å². The van der Waals surface area contributed by atoms with Crippen molar-refractivity contribution in [2.24, 2.45) is 7.05 Å². The minimum atomic E-state index is -0.440. The molecule has 0 saturated carbocycles. The molecule has 2 rings (SSSR count). The summed E-state index contributed by atoms with van der Waals surface area (Å²) in [5.74, 6) is 0.922. The van der Waals surface area contributed by atoms with Crippen LogP contribution in [0.2, 0.25) is 0 Å². The zero-order valence-electron chi connectivity index (χ0n) is 11.8. The van der Waals surface area contributed by atoms with Gasteiger partial charge >= 0.3 is 5.69 Å². The van der Waals surface area contributed by atoms with Crippen LogP contribution in [0.25, 0.3) is 11.2 Å². The van der Waals surface area contributed by atoms with Gasteiger partial charge in [-0.1, -0.05) is 30.8 Å². The molecule has 2 aromatic heterocycles. The summed E-state index contributed by atoms with van der Waals surface area (Å²) in [6.45, 7) is 4.59. The molecule has 2 heterocycles. The molecule has 0 aromatic carbocycles. The number of fused-ring (bicyclic) bond motifs is 1. The molecule has 1 N–H and O–H groups in total. The number of hydrogen-bond donors (Lipinski definition) is 1. The molecule has 0 aliphatic rings. The van der Waals surface area contributed by atoms with Gasteiger partial charge < -0.3 is 4.57 Å². The Hall–Kier alpha value is -1.76. The summed E-state index contributed by atoms with van der Waals surface area (Å²) in [7, 11) is 1.61. The number of nitrogens with one attached hydrogen (secondary N) is 1. The molecular formula is C13H18N4O2S. The van der Waals surface area contributed by atoms with E-state index in [2.05, 4.69) is 16.9 Å². The molecule has 6 nitrogen and oxygen atoms in total. The zero-order chi connectivity index (χ0) is 14.7. The van der Waals surface area contributed by atoms with Crippen LogP contribution in [-0.2, 0) is 13.6 Å². The Bertz CT molecular complexity index is 754. The van der Waals surface area contributed by atoms with Crippen molar-refractivity contribution in [3.05, 3.63) is 33.0 Å². The zero-order valence-corrected chi connectivity index (χ0v) is 12.7. The highest BCUT2D eigenvalue weighted by Crippen LogP contribution is 2.21. The molecule has 2 aromatic rings. The van der Waals surface area contributed by atoms with Crippen molar-refractivity contribution in [2.45, 2.75) is 32.0 Å². The predicted molar refractivity (Wildman–Crippen MR) is 81.4 cm³/mol. The lowest BCUT2D eigenvalue weighted by Crippen LogP contribution is -2.29. The van der Waals surface area contributed by atoms with E-state index in [0.29, 0.717) is 17.7 Å². The van der Waals surface area contributed by atoms with Gasteiger partial charge in [-0.3, -0.25) is 14.3 Å². The Balaban J connectivity index is 2.72. The fourth-order valence-electron chi connectivity index (χ4n) is 1.90. The van der Waals surface area contributed by atoms with Gasteiger partial charge in [-0.15, -0.1) is 0 Å². The smallest absolute Gasteiger partial charge is 0.309 e. The summed E-state index contributed by atoms with van der Waals surface area (Å²) in [5, 5.41) is 0.770. The van der Waals surface area contributed by atoms with E-state index < -0.39 is 5.69 Å². The molecule has 0 atom stereocenters. The fraction of sp³-hybridized carbons (Fsp3) is 0.462. The second kappa shape index (κ2) is 6.13. The monoisotopic (exact) mass is 294 g/mol. The van der Waals surface area contributed by atoms with E-state index in [1.165, 1.54) is 4.57 Å². The van der Waals surface area contributed by atoms with Crippen LogP contribution in [0.1, 0.15) is 20.3 Å². The third-order valence-corrected chi connectivity index (χ3v) is 4.11. The number of aromatic amines is 1. The lowest BCUT2D eigenvalue weighted by Gasteiger charge is -2.04. The van der Waals surface area contributed by atoms with Crippen LogP contribution in [0.3, 0.4) is 0 Å². The van der Waals surface area contributed by atoms with Crippen LogP contribution in [0, 0.1) is 0 Å². The fourth-order valence-corrected chi connectivity index (χ4v) is 2.76. The molecular weight excluding hydrogens is 276 g/mol. The van der Waals surface area contributed by atoms with Crippen LogP contribution in [-0.4, -0.2) is 24.9 Å². The number of thioether (sulfide) groups is 1. The number of allylic oxidation sites excluding steroid dienone is 2. The molecule has 20 heavy (non-hydrogen) atoms. The first-order valence-electron chi connectivity index (χ1n) is 6.53. The van der Waals surface area contributed by atoms with Crippen LogP contribution in [0.15, 0.2) is 26.9 Å². The summed E-state index contributed by atoms with van der Waals surface area (Å²) in [5.41, 5.74) is 0.0549. The molecule has 108 valence electrons. The minimum Gasteiger partial charge on any atom is -0.309 e. The molecule has 0 amide bonds. The van der Waals surface area contributed by atoms with E-state index in [-0.39, 0.29) is 5.56 Å². The molecule has 0 saturated heterocycles. The highest BCUT2D eigenvalue weighted by Gasteiger charge is 2.16. The third-order valence-electron chi connectivity index (χ3n) is 2.93. The van der Waals surface area contributed by atoms with Gasteiger partial charge in [-0.25, -0.2) is 9.78 Å². The van der Waals surface area contributed by atoms with Gasteiger partial charge in [0.2, 0.25) is 0 Å². The van der Waals surface area contributed by atoms with Crippen molar-refractivity contribution < 1.29 is 0 Å². The molecule has 7 heteroatoms. The summed E-state index contributed by atoms with van der Waals surface area (Å²) in [4.78, 5) is 30.5. The van der Waals surface area contributed by atoms with E-state index in [4.69, 9.17) is 0 Å². The number of aromatic nitrogens is 4. The molecule has 0 spiro atoms. The van der Waals surface area contributed by atoms with Crippen LogP contribution in [0.4, 0.5) is 0 Å². The first kappa shape index (κ1) is 14.6. The van der Waals surface area contributed by atoms with Crippen LogP contribution >= 0.6 is 11.8 Å². The second-order valence-electron chi connectivity index (χ2n) is 4.41. The number of nitrogens with zero attached hydrogens (tertiary/aromatic N) is 3. The standard InChI is InChI=1S/C13H18N4O2S/c1-4-6-7-17-9-10(14-13(17)20-8-5-2)16(3)12(19)15-11(9)18/h4,6H,5,7-8H2,1-3H3,(H,15,18,19)/b6-4-. The van der Waals surface area contributed by atoms with Gasteiger partial charge in [0.05, 0.1) is 0 Å². The van der Waals surface area contributed by atoms with Gasteiger partial charge in [-0.05, 0) is 13.3 Å². The number of H-pyrrole nitrogens is 1. The highest BCUT2D eigenvalue weighted by molar-refractivity contribution is 7.99. The van der Waals surface area contributed by atoms with Gasteiger partial charge in [0, 0.05) is 19.3 Å². The first-order valence-corrected chi connectivity index (χ1v) is 7.52. The summed E-state index contributed by atoms with van der Waals surface area (Å²) in [6, 6.07) is 0. The van der Waals surface area contributed by atoms with Gasteiger partial charge in [0.25, 0.3) is 5.56 Å².